The van der Waals surface area contributed by atoms with Crippen molar-refractivity contribution in [2.24, 2.45) is 11.8 Å². The lowest BCUT2D eigenvalue weighted by atomic mass is 9.69. The monoisotopic (exact) mass is 250 g/mol. The molecule has 0 spiro atoms. The molecule has 18 heavy (non-hydrogen) atoms. The molecular weight excluding hydrogens is 224 g/mol. The van der Waals surface area contributed by atoms with Gasteiger partial charge in [0.05, 0.1) is 0 Å². The molecule has 0 aliphatic carbocycles. The molecule has 1 N–H and O–H groups in total. The lowest BCUT2D eigenvalue weighted by Gasteiger charge is -2.60. The summed E-state index contributed by atoms with van der Waals surface area (Å²) in [6.45, 7) is 4.74. The smallest absolute Gasteiger partial charge is 0.122 e. The zero-order valence-electron chi connectivity index (χ0n) is 11.4. The van der Waals surface area contributed by atoms with E-state index >= 15 is 0 Å². The van der Waals surface area contributed by atoms with Gasteiger partial charge in [0.1, 0.15) is 5.72 Å². The lowest BCUT2D eigenvalue weighted by Crippen LogP contribution is -2.69. The highest BCUT2D eigenvalue weighted by atomic mass is 16.3. The number of hydrogen-bond donors (Lipinski definition) is 1. The molecule has 102 valence electrons. The Morgan fingerprint density at radius 3 is 2.83 bits per heavy atom. The van der Waals surface area contributed by atoms with Crippen molar-refractivity contribution in [3.63, 3.8) is 0 Å². The predicted octanol–water partition coefficient (Wildman–Crippen LogP) is 1.67. The fourth-order valence-corrected chi connectivity index (χ4v) is 5.22. The highest BCUT2D eigenvalue weighted by Gasteiger charge is 2.53. The molecule has 4 rings (SSSR count). The number of fused-ring (bicyclic) bond motifs is 6. The fraction of sp³-hybridized carbons (Fsp3) is 1.00. The molecule has 0 aromatic carbocycles. The highest BCUT2D eigenvalue weighted by molar-refractivity contribution is 5.04. The molecule has 4 fully saturated rings. The first-order valence-corrected chi connectivity index (χ1v) is 7.99. The Morgan fingerprint density at radius 1 is 1.00 bits per heavy atom. The van der Waals surface area contributed by atoms with Gasteiger partial charge in [-0.1, -0.05) is 6.42 Å². The van der Waals surface area contributed by atoms with Gasteiger partial charge in [0.15, 0.2) is 0 Å². The van der Waals surface area contributed by atoms with E-state index in [1.807, 2.05) is 0 Å². The van der Waals surface area contributed by atoms with Gasteiger partial charge in [-0.15, -0.1) is 0 Å². The normalized spacial score (nSPS) is 49.5. The third-order valence-electron chi connectivity index (χ3n) is 6.13. The van der Waals surface area contributed by atoms with E-state index in [0.29, 0.717) is 5.92 Å². The summed E-state index contributed by atoms with van der Waals surface area (Å²) < 4.78 is 0. The largest absolute Gasteiger partial charge is 0.375 e. The first-order chi connectivity index (χ1) is 8.77. The Bertz CT molecular complexity index is 334. The SMILES string of the molecule is OC12CCCCN1CC1CC2CN2CCCCC12. The Kier molecular flexibility index (Phi) is 2.72. The zero-order valence-corrected chi connectivity index (χ0v) is 11.4. The molecule has 4 unspecified atom stereocenters. The van der Waals surface area contributed by atoms with E-state index in [9.17, 15) is 5.11 Å². The van der Waals surface area contributed by atoms with Gasteiger partial charge in [0, 0.05) is 31.6 Å². The Balaban J connectivity index is 1.61. The first-order valence-electron chi connectivity index (χ1n) is 7.99. The third kappa shape index (κ3) is 1.60. The molecule has 4 aliphatic rings. The summed E-state index contributed by atoms with van der Waals surface area (Å²) in [5.74, 6) is 1.35. The number of aliphatic hydroxyl groups is 1. The van der Waals surface area contributed by atoms with Crippen molar-refractivity contribution in [3.05, 3.63) is 0 Å². The molecule has 0 radical (unpaired) electrons. The molecule has 4 saturated heterocycles. The van der Waals surface area contributed by atoms with E-state index in [0.717, 1.165) is 38.0 Å². The molecule has 3 heteroatoms. The van der Waals surface area contributed by atoms with E-state index in [2.05, 4.69) is 9.80 Å². The molecule has 4 aliphatic heterocycles. The van der Waals surface area contributed by atoms with Crippen molar-refractivity contribution < 1.29 is 5.11 Å². The third-order valence-corrected chi connectivity index (χ3v) is 6.13. The highest BCUT2D eigenvalue weighted by Crippen LogP contribution is 2.47. The van der Waals surface area contributed by atoms with Crippen LogP contribution in [0.25, 0.3) is 0 Å². The van der Waals surface area contributed by atoms with Gasteiger partial charge in [-0.05, 0) is 51.0 Å². The minimum atomic E-state index is -0.447. The van der Waals surface area contributed by atoms with Gasteiger partial charge >= 0.3 is 0 Å². The average molecular weight is 250 g/mol. The van der Waals surface area contributed by atoms with E-state index in [1.165, 1.54) is 45.1 Å². The minimum Gasteiger partial charge on any atom is -0.375 e. The summed E-state index contributed by atoms with van der Waals surface area (Å²) in [6, 6.07) is 0.835. The van der Waals surface area contributed by atoms with Crippen LogP contribution in [0.15, 0.2) is 0 Å². The maximum Gasteiger partial charge on any atom is 0.122 e. The molecule has 0 amide bonds. The second-order valence-corrected chi connectivity index (χ2v) is 7.03. The number of piperidine rings is 4. The molecule has 0 aromatic rings. The standard InChI is InChI=1S/C15H26N2O/c18-15-6-2-4-8-17(15)10-12-9-13(15)11-16-7-3-1-5-14(12)16/h12-14,18H,1-11H2. The van der Waals surface area contributed by atoms with Gasteiger partial charge in [-0.3, -0.25) is 9.80 Å². The Hall–Kier alpha value is -0.120. The van der Waals surface area contributed by atoms with Gasteiger partial charge in [-0.2, -0.15) is 0 Å². The molecule has 0 aromatic heterocycles. The number of rotatable bonds is 0. The molecule has 0 saturated carbocycles. The van der Waals surface area contributed by atoms with Gasteiger partial charge < -0.3 is 5.11 Å². The van der Waals surface area contributed by atoms with Crippen molar-refractivity contribution in [2.45, 2.75) is 56.7 Å². The van der Waals surface area contributed by atoms with Crippen molar-refractivity contribution in [1.82, 2.24) is 9.80 Å². The predicted molar refractivity (Wildman–Crippen MR) is 71.2 cm³/mol. The summed E-state index contributed by atoms with van der Waals surface area (Å²) in [7, 11) is 0. The van der Waals surface area contributed by atoms with E-state index in [-0.39, 0.29) is 0 Å². The number of nitrogens with zero attached hydrogens (tertiary/aromatic N) is 2. The van der Waals surface area contributed by atoms with Crippen molar-refractivity contribution >= 4 is 0 Å². The van der Waals surface area contributed by atoms with Crippen LogP contribution >= 0.6 is 0 Å². The fourth-order valence-electron chi connectivity index (χ4n) is 5.22. The van der Waals surface area contributed by atoms with Gasteiger partial charge in [0.25, 0.3) is 0 Å². The molecule has 4 heterocycles. The van der Waals surface area contributed by atoms with Crippen molar-refractivity contribution in [1.29, 1.82) is 0 Å². The summed E-state index contributed by atoms with van der Waals surface area (Å²) in [5, 5.41) is 11.1. The maximum atomic E-state index is 11.1. The van der Waals surface area contributed by atoms with Crippen LogP contribution in [0.1, 0.15) is 44.9 Å². The summed E-state index contributed by atoms with van der Waals surface area (Å²) in [5.41, 5.74) is -0.447. The van der Waals surface area contributed by atoms with Crippen LogP contribution in [-0.2, 0) is 0 Å². The van der Waals surface area contributed by atoms with Crippen molar-refractivity contribution in [3.8, 4) is 0 Å². The van der Waals surface area contributed by atoms with E-state index < -0.39 is 5.72 Å². The summed E-state index contributed by atoms with van der Waals surface area (Å²) in [4.78, 5) is 5.16. The Labute approximate surface area is 110 Å². The first kappa shape index (κ1) is 11.7. The summed E-state index contributed by atoms with van der Waals surface area (Å²) >= 11 is 0. The average Bonchev–Trinajstić information content (AvgIpc) is 2.40. The molecule has 2 bridgehead atoms. The van der Waals surface area contributed by atoms with Crippen LogP contribution in [-0.4, -0.2) is 52.9 Å². The van der Waals surface area contributed by atoms with Gasteiger partial charge in [0.2, 0.25) is 0 Å². The summed E-state index contributed by atoms with van der Waals surface area (Å²) in [6.07, 6.45) is 9.01. The van der Waals surface area contributed by atoms with Crippen LogP contribution in [0.4, 0.5) is 0 Å². The molecular formula is C15H26N2O. The molecule has 4 atom stereocenters. The topological polar surface area (TPSA) is 26.7 Å². The van der Waals surface area contributed by atoms with Crippen LogP contribution in [0.5, 0.6) is 0 Å². The molecule has 3 nitrogen and oxygen atoms in total. The minimum absolute atomic E-state index is 0.447. The van der Waals surface area contributed by atoms with Crippen LogP contribution in [0.3, 0.4) is 0 Å². The van der Waals surface area contributed by atoms with Crippen molar-refractivity contribution in [2.75, 3.05) is 26.2 Å². The lowest BCUT2D eigenvalue weighted by molar-refractivity contribution is -0.228. The number of hydrogen-bond acceptors (Lipinski definition) is 3. The van der Waals surface area contributed by atoms with E-state index in [4.69, 9.17) is 0 Å². The van der Waals surface area contributed by atoms with Crippen LogP contribution < -0.4 is 0 Å². The maximum absolute atomic E-state index is 11.1. The Morgan fingerprint density at radius 2 is 1.89 bits per heavy atom. The van der Waals surface area contributed by atoms with E-state index in [1.54, 1.807) is 0 Å². The van der Waals surface area contributed by atoms with Crippen LogP contribution in [0, 0.1) is 11.8 Å². The second-order valence-electron chi connectivity index (χ2n) is 7.03. The second kappa shape index (κ2) is 4.19. The quantitative estimate of drug-likeness (QED) is 0.708. The van der Waals surface area contributed by atoms with Gasteiger partial charge in [-0.25, -0.2) is 0 Å². The zero-order chi connectivity index (χ0) is 12.2. The van der Waals surface area contributed by atoms with Crippen LogP contribution in [0.2, 0.25) is 0 Å².